The van der Waals surface area contributed by atoms with Crippen LogP contribution in [-0.4, -0.2) is 7.11 Å². The molecule has 0 N–H and O–H groups in total. The Hall–Kier alpha value is -1.02. The second kappa shape index (κ2) is 3.62. The summed E-state index contributed by atoms with van der Waals surface area (Å²) in [7, 11) is 1.68. The molecule has 0 radical (unpaired) electrons. The highest BCUT2D eigenvalue weighted by Gasteiger charge is 2.04. The third-order valence-corrected chi connectivity index (χ3v) is 3.11. The van der Waals surface area contributed by atoms with Gasteiger partial charge in [-0.25, -0.2) is 0 Å². The van der Waals surface area contributed by atoms with Crippen LogP contribution in [-0.2, 0) is 0 Å². The topological polar surface area (TPSA) is 9.23 Å². The molecule has 0 fully saturated rings. The van der Waals surface area contributed by atoms with Crippen LogP contribution < -0.4 is 4.74 Å². The standard InChI is InChI=1S/C12H11BrO/c1-8-3-4-9-5-6-11(14-2)12(13)10(9)7-8/h3-7H,1-2H3. The molecule has 72 valence electrons. The summed E-state index contributed by atoms with van der Waals surface area (Å²) in [5.41, 5.74) is 1.26. The fraction of sp³-hybridized carbons (Fsp3) is 0.167. The molecule has 0 heterocycles. The molecule has 2 rings (SSSR count). The molecule has 1 nitrogen and oxygen atoms in total. The highest BCUT2D eigenvalue weighted by Crippen LogP contribution is 2.33. The predicted molar refractivity (Wildman–Crippen MR) is 62.9 cm³/mol. The van der Waals surface area contributed by atoms with E-state index in [-0.39, 0.29) is 0 Å². The Morgan fingerprint density at radius 3 is 2.57 bits per heavy atom. The SMILES string of the molecule is COc1ccc2ccc(C)cc2c1Br. The van der Waals surface area contributed by atoms with Gasteiger partial charge in [-0.05, 0) is 39.7 Å². The van der Waals surface area contributed by atoms with E-state index in [0.717, 1.165) is 10.2 Å². The Labute approximate surface area is 91.8 Å². The molecule has 0 aliphatic heterocycles. The quantitative estimate of drug-likeness (QED) is 0.746. The third-order valence-electron chi connectivity index (χ3n) is 2.30. The molecular formula is C12H11BrO. The van der Waals surface area contributed by atoms with Gasteiger partial charge in [0.2, 0.25) is 0 Å². The number of aryl methyl sites for hydroxylation is 1. The van der Waals surface area contributed by atoms with E-state index in [0.29, 0.717) is 0 Å². The molecule has 0 bridgehead atoms. The maximum atomic E-state index is 5.25. The van der Waals surface area contributed by atoms with Gasteiger partial charge in [0.25, 0.3) is 0 Å². The van der Waals surface area contributed by atoms with Crippen LogP contribution in [0, 0.1) is 6.92 Å². The number of rotatable bonds is 1. The minimum Gasteiger partial charge on any atom is -0.496 e. The van der Waals surface area contributed by atoms with Gasteiger partial charge in [-0.1, -0.05) is 29.8 Å². The van der Waals surface area contributed by atoms with Crippen molar-refractivity contribution in [3.8, 4) is 5.75 Å². The molecule has 2 aromatic rings. The maximum absolute atomic E-state index is 5.25. The summed E-state index contributed by atoms with van der Waals surface area (Å²) in [5, 5.41) is 2.42. The second-order valence-electron chi connectivity index (χ2n) is 3.31. The molecule has 0 saturated heterocycles. The lowest BCUT2D eigenvalue weighted by atomic mass is 10.1. The molecule has 0 amide bonds. The van der Waals surface area contributed by atoms with Crippen molar-refractivity contribution < 1.29 is 4.74 Å². The van der Waals surface area contributed by atoms with Gasteiger partial charge in [-0.2, -0.15) is 0 Å². The number of methoxy groups -OCH3 is 1. The van der Waals surface area contributed by atoms with Crippen molar-refractivity contribution in [2.24, 2.45) is 0 Å². The number of halogens is 1. The smallest absolute Gasteiger partial charge is 0.133 e. The van der Waals surface area contributed by atoms with Crippen molar-refractivity contribution in [1.29, 1.82) is 0 Å². The third kappa shape index (κ3) is 1.50. The van der Waals surface area contributed by atoms with Gasteiger partial charge in [0.05, 0.1) is 11.6 Å². The van der Waals surface area contributed by atoms with Crippen LogP contribution in [0.4, 0.5) is 0 Å². The molecule has 0 aliphatic rings. The molecule has 2 heteroatoms. The Bertz CT molecular complexity index is 477. The first kappa shape index (κ1) is 9.53. The number of hydrogen-bond donors (Lipinski definition) is 0. The van der Waals surface area contributed by atoms with Crippen LogP contribution in [0.25, 0.3) is 10.8 Å². The fourth-order valence-corrected chi connectivity index (χ4v) is 2.17. The molecule has 2 aromatic carbocycles. The summed E-state index contributed by atoms with van der Waals surface area (Å²) in [6.07, 6.45) is 0. The zero-order valence-corrected chi connectivity index (χ0v) is 9.76. The summed E-state index contributed by atoms with van der Waals surface area (Å²) >= 11 is 3.55. The molecule has 0 aliphatic carbocycles. The monoisotopic (exact) mass is 250 g/mol. The molecule has 14 heavy (non-hydrogen) atoms. The van der Waals surface area contributed by atoms with Crippen molar-refractivity contribution in [2.45, 2.75) is 6.92 Å². The minimum atomic E-state index is 0.878. The van der Waals surface area contributed by atoms with E-state index < -0.39 is 0 Å². The number of fused-ring (bicyclic) bond motifs is 1. The average Bonchev–Trinajstić information content (AvgIpc) is 2.20. The van der Waals surface area contributed by atoms with Gasteiger partial charge in [0.15, 0.2) is 0 Å². The van der Waals surface area contributed by atoms with Gasteiger partial charge < -0.3 is 4.74 Å². The molecule has 0 unspecified atom stereocenters. The van der Waals surface area contributed by atoms with Crippen molar-refractivity contribution >= 4 is 26.7 Å². The van der Waals surface area contributed by atoms with E-state index in [1.54, 1.807) is 7.11 Å². The maximum Gasteiger partial charge on any atom is 0.133 e. The second-order valence-corrected chi connectivity index (χ2v) is 4.10. The van der Waals surface area contributed by atoms with Crippen molar-refractivity contribution in [3.63, 3.8) is 0 Å². The number of ether oxygens (including phenoxy) is 1. The van der Waals surface area contributed by atoms with E-state index in [4.69, 9.17) is 4.74 Å². The largest absolute Gasteiger partial charge is 0.496 e. The average molecular weight is 251 g/mol. The van der Waals surface area contributed by atoms with Crippen LogP contribution >= 0.6 is 15.9 Å². The first-order chi connectivity index (χ1) is 6.72. The summed E-state index contributed by atoms with van der Waals surface area (Å²) in [4.78, 5) is 0. The summed E-state index contributed by atoms with van der Waals surface area (Å²) in [5.74, 6) is 0.878. The van der Waals surface area contributed by atoms with Crippen molar-refractivity contribution in [2.75, 3.05) is 7.11 Å². The van der Waals surface area contributed by atoms with E-state index in [1.807, 2.05) is 6.07 Å². The lowest BCUT2D eigenvalue weighted by molar-refractivity contribution is 0.413. The van der Waals surface area contributed by atoms with Crippen LogP contribution in [0.5, 0.6) is 5.75 Å². The summed E-state index contributed by atoms with van der Waals surface area (Å²) in [6, 6.07) is 10.4. The first-order valence-corrected chi connectivity index (χ1v) is 5.24. The van der Waals surface area contributed by atoms with Crippen molar-refractivity contribution in [1.82, 2.24) is 0 Å². The summed E-state index contributed by atoms with van der Waals surface area (Å²) in [6.45, 7) is 2.09. The van der Waals surface area contributed by atoms with Gasteiger partial charge in [-0.15, -0.1) is 0 Å². The van der Waals surface area contributed by atoms with E-state index in [1.165, 1.54) is 16.3 Å². The van der Waals surface area contributed by atoms with E-state index in [2.05, 4.69) is 47.1 Å². The molecule has 0 spiro atoms. The Morgan fingerprint density at radius 2 is 1.86 bits per heavy atom. The number of benzene rings is 2. The lowest BCUT2D eigenvalue weighted by Crippen LogP contribution is -1.85. The highest BCUT2D eigenvalue weighted by molar-refractivity contribution is 9.10. The van der Waals surface area contributed by atoms with E-state index >= 15 is 0 Å². The van der Waals surface area contributed by atoms with Crippen molar-refractivity contribution in [3.05, 3.63) is 40.4 Å². The molecule has 0 aromatic heterocycles. The van der Waals surface area contributed by atoms with Gasteiger partial charge >= 0.3 is 0 Å². The first-order valence-electron chi connectivity index (χ1n) is 4.45. The highest BCUT2D eigenvalue weighted by atomic mass is 79.9. The molecular weight excluding hydrogens is 240 g/mol. The fourth-order valence-electron chi connectivity index (χ4n) is 1.53. The Balaban J connectivity index is 2.79. The predicted octanol–water partition coefficient (Wildman–Crippen LogP) is 3.92. The molecule has 0 saturated carbocycles. The Morgan fingerprint density at radius 1 is 1.14 bits per heavy atom. The minimum absolute atomic E-state index is 0.878. The van der Waals surface area contributed by atoms with Gasteiger partial charge in [0, 0.05) is 0 Å². The van der Waals surface area contributed by atoms with Crippen LogP contribution in [0.2, 0.25) is 0 Å². The molecule has 0 atom stereocenters. The van der Waals surface area contributed by atoms with Gasteiger partial charge in [-0.3, -0.25) is 0 Å². The van der Waals surface area contributed by atoms with Crippen LogP contribution in [0.1, 0.15) is 5.56 Å². The summed E-state index contributed by atoms with van der Waals surface area (Å²) < 4.78 is 6.27. The Kier molecular flexibility index (Phi) is 2.46. The van der Waals surface area contributed by atoms with E-state index in [9.17, 15) is 0 Å². The normalized spacial score (nSPS) is 10.5. The van der Waals surface area contributed by atoms with Crippen LogP contribution in [0.3, 0.4) is 0 Å². The zero-order chi connectivity index (χ0) is 10.1. The van der Waals surface area contributed by atoms with Crippen LogP contribution in [0.15, 0.2) is 34.8 Å². The van der Waals surface area contributed by atoms with Gasteiger partial charge in [0.1, 0.15) is 5.75 Å². The lowest BCUT2D eigenvalue weighted by Gasteiger charge is -2.07. The zero-order valence-electron chi connectivity index (χ0n) is 8.17. The number of hydrogen-bond acceptors (Lipinski definition) is 1.